The van der Waals surface area contributed by atoms with Crippen molar-refractivity contribution in [3.63, 3.8) is 0 Å². The largest absolute Gasteiger partial charge is 0.390 e. The van der Waals surface area contributed by atoms with Gasteiger partial charge in [0, 0.05) is 38.7 Å². The van der Waals surface area contributed by atoms with Crippen LogP contribution >= 0.6 is 11.3 Å². The smallest absolute Gasteiger partial charge is 0.225 e. The fraction of sp³-hybridized carbons (Fsp3) is 0.607. The highest BCUT2D eigenvalue weighted by molar-refractivity contribution is 7.21. The van der Waals surface area contributed by atoms with Gasteiger partial charge in [0.1, 0.15) is 22.4 Å². The third-order valence-electron chi connectivity index (χ3n) is 8.35. The summed E-state index contributed by atoms with van der Waals surface area (Å²) in [6.07, 6.45) is 5.16. The Hall–Kier alpha value is -2.89. The molecule has 3 saturated carbocycles. The summed E-state index contributed by atoms with van der Waals surface area (Å²) >= 11 is 1.59. The van der Waals surface area contributed by atoms with Crippen LogP contribution in [-0.4, -0.2) is 79.3 Å². The molecule has 6 rings (SSSR count). The van der Waals surface area contributed by atoms with E-state index in [-0.39, 0.29) is 24.3 Å². The lowest BCUT2D eigenvalue weighted by Gasteiger charge is -2.22. The molecule has 208 valence electrons. The number of carbonyl (C=O) groups excluding carboxylic acids is 1. The monoisotopic (exact) mass is 551 g/mol. The van der Waals surface area contributed by atoms with Gasteiger partial charge in [-0.05, 0) is 63.9 Å². The number of hydrogen-bond acceptors (Lipinski definition) is 10. The first-order valence-corrected chi connectivity index (χ1v) is 14.7. The Morgan fingerprint density at radius 1 is 1.15 bits per heavy atom. The van der Waals surface area contributed by atoms with Crippen molar-refractivity contribution in [2.45, 2.75) is 82.6 Å². The van der Waals surface area contributed by atoms with Crippen LogP contribution in [0.1, 0.15) is 62.8 Å². The van der Waals surface area contributed by atoms with Crippen molar-refractivity contribution in [1.82, 2.24) is 24.8 Å². The van der Waals surface area contributed by atoms with Gasteiger partial charge in [0.2, 0.25) is 11.9 Å². The number of aryl methyl sites for hydroxylation is 1. The molecule has 11 heteroatoms. The second-order valence-electron chi connectivity index (χ2n) is 11.7. The van der Waals surface area contributed by atoms with Gasteiger partial charge < -0.3 is 25.7 Å². The summed E-state index contributed by atoms with van der Waals surface area (Å²) in [5, 5.41) is 29.5. The van der Waals surface area contributed by atoms with E-state index in [0.29, 0.717) is 30.0 Å². The van der Waals surface area contributed by atoms with Crippen molar-refractivity contribution in [2.75, 3.05) is 24.7 Å². The van der Waals surface area contributed by atoms with Crippen molar-refractivity contribution in [1.29, 1.82) is 0 Å². The Morgan fingerprint density at radius 2 is 1.92 bits per heavy atom. The lowest BCUT2D eigenvalue weighted by Crippen LogP contribution is -2.36. The highest BCUT2D eigenvalue weighted by Crippen LogP contribution is 2.45. The van der Waals surface area contributed by atoms with Gasteiger partial charge in [-0.2, -0.15) is 4.98 Å². The number of aliphatic hydroxyl groups excluding tert-OH is 2. The highest BCUT2D eigenvalue weighted by atomic mass is 32.1. The van der Waals surface area contributed by atoms with Gasteiger partial charge >= 0.3 is 0 Å². The predicted octanol–water partition coefficient (Wildman–Crippen LogP) is 3.55. The van der Waals surface area contributed by atoms with Crippen molar-refractivity contribution >= 4 is 39.2 Å². The number of nitrogens with one attached hydrogen (secondary N) is 2. The van der Waals surface area contributed by atoms with E-state index in [4.69, 9.17) is 15.0 Å². The number of nitrogens with zero attached hydrogens (tertiary/aromatic N) is 5. The first-order valence-electron chi connectivity index (χ1n) is 13.9. The van der Waals surface area contributed by atoms with Crippen LogP contribution in [0.2, 0.25) is 0 Å². The molecule has 1 amide bonds. The second-order valence-corrected chi connectivity index (χ2v) is 12.7. The molecule has 0 radical (unpaired) electrons. The van der Waals surface area contributed by atoms with Gasteiger partial charge in [0.15, 0.2) is 0 Å². The highest BCUT2D eigenvalue weighted by Gasteiger charge is 2.43. The fourth-order valence-corrected chi connectivity index (χ4v) is 6.67. The van der Waals surface area contributed by atoms with E-state index in [1.807, 2.05) is 19.2 Å². The number of rotatable bonds is 9. The van der Waals surface area contributed by atoms with Crippen molar-refractivity contribution in [2.24, 2.45) is 11.8 Å². The molecule has 0 spiro atoms. The summed E-state index contributed by atoms with van der Waals surface area (Å²) in [6.45, 7) is 4.11. The maximum atomic E-state index is 12.3. The number of thiazole rings is 1. The van der Waals surface area contributed by atoms with Crippen LogP contribution in [-0.2, 0) is 4.79 Å². The van der Waals surface area contributed by atoms with Crippen molar-refractivity contribution < 1.29 is 15.0 Å². The minimum Gasteiger partial charge on any atom is -0.390 e. The van der Waals surface area contributed by atoms with Gasteiger partial charge in [0.25, 0.3) is 0 Å². The van der Waals surface area contributed by atoms with Crippen LogP contribution in [0, 0.1) is 18.8 Å². The van der Waals surface area contributed by atoms with E-state index in [2.05, 4.69) is 22.5 Å². The number of pyridine rings is 1. The summed E-state index contributed by atoms with van der Waals surface area (Å²) in [6, 6.07) is 1.79. The molecule has 3 aliphatic rings. The zero-order valence-corrected chi connectivity index (χ0v) is 23.7. The molecule has 3 heterocycles. The van der Waals surface area contributed by atoms with Crippen LogP contribution in [0.15, 0.2) is 12.3 Å². The number of carbonyl (C=O) groups is 1. The first-order chi connectivity index (χ1) is 18.7. The number of aliphatic hydroxyl groups is 2. The first kappa shape index (κ1) is 26.3. The standard InChI is InChI=1S/C28H37N7O3S/c1-13(15-5-6-15)30-28-31-14(2)21(27-33-23-19(39-27)9-10-29-22(23)16-7-8-16)26(34-28)32-18-11-17(24(37)25(18)38)12-20(36)35(3)4/h9-10,13,15-18,24-25,37-38H,5-8,11-12H2,1-4H3,(H2,30,31,32,34)/t13-,17-,18-,24-,25+/m1/s1. The molecule has 39 heavy (non-hydrogen) atoms. The van der Waals surface area contributed by atoms with Crippen molar-refractivity contribution in [3.05, 3.63) is 23.7 Å². The molecule has 0 aliphatic heterocycles. The van der Waals surface area contributed by atoms with Crippen molar-refractivity contribution in [3.8, 4) is 10.6 Å². The van der Waals surface area contributed by atoms with Gasteiger partial charge in [-0.15, -0.1) is 11.3 Å². The van der Waals surface area contributed by atoms with Crippen LogP contribution < -0.4 is 10.6 Å². The number of anilines is 2. The molecular formula is C28H37N7O3S. The predicted molar refractivity (Wildman–Crippen MR) is 152 cm³/mol. The molecule has 0 bridgehead atoms. The molecule has 10 nitrogen and oxygen atoms in total. The molecule has 3 aromatic rings. The van der Waals surface area contributed by atoms with Gasteiger partial charge in [-0.25, -0.2) is 9.97 Å². The van der Waals surface area contributed by atoms with E-state index in [1.165, 1.54) is 17.7 Å². The van der Waals surface area contributed by atoms with E-state index in [0.717, 1.165) is 45.0 Å². The molecule has 3 aliphatic carbocycles. The minimum atomic E-state index is -1.03. The summed E-state index contributed by atoms with van der Waals surface area (Å²) in [4.78, 5) is 33.2. The normalized spacial score (nSPS) is 25.6. The zero-order valence-electron chi connectivity index (χ0n) is 22.9. The van der Waals surface area contributed by atoms with Crippen LogP contribution in [0.4, 0.5) is 11.8 Å². The lowest BCUT2D eigenvalue weighted by molar-refractivity contribution is -0.130. The molecule has 5 atom stereocenters. The van der Waals surface area contributed by atoms with E-state index in [9.17, 15) is 15.0 Å². The molecule has 4 N–H and O–H groups in total. The molecular weight excluding hydrogens is 514 g/mol. The summed E-state index contributed by atoms with van der Waals surface area (Å²) in [5.74, 6) is 1.80. The van der Waals surface area contributed by atoms with E-state index >= 15 is 0 Å². The number of amides is 1. The Kier molecular flexibility index (Phi) is 6.93. The second kappa shape index (κ2) is 10.3. The third-order valence-corrected chi connectivity index (χ3v) is 9.39. The number of hydrogen-bond donors (Lipinski definition) is 4. The number of aromatic nitrogens is 4. The fourth-order valence-electron chi connectivity index (χ4n) is 5.61. The molecule has 3 fully saturated rings. The average molecular weight is 552 g/mol. The Balaban J connectivity index is 1.35. The van der Waals surface area contributed by atoms with Gasteiger partial charge in [0.05, 0.1) is 33.8 Å². The summed E-state index contributed by atoms with van der Waals surface area (Å²) < 4.78 is 1.08. The molecule has 0 unspecified atom stereocenters. The quantitative estimate of drug-likeness (QED) is 0.315. The molecule has 3 aromatic heterocycles. The molecule has 0 saturated heterocycles. The Bertz CT molecular complexity index is 1390. The minimum absolute atomic E-state index is 0.0689. The Labute approximate surface area is 232 Å². The van der Waals surface area contributed by atoms with E-state index in [1.54, 1.807) is 25.4 Å². The maximum Gasteiger partial charge on any atom is 0.225 e. The molecule has 0 aromatic carbocycles. The van der Waals surface area contributed by atoms with Crippen LogP contribution in [0.5, 0.6) is 0 Å². The van der Waals surface area contributed by atoms with E-state index < -0.39 is 18.2 Å². The number of fused-ring (bicyclic) bond motifs is 1. The lowest BCUT2D eigenvalue weighted by atomic mass is 10.0. The summed E-state index contributed by atoms with van der Waals surface area (Å²) in [7, 11) is 3.40. The van der Waals surface area contributed by atoms with Crippen LogP contribution in [0.25, 0.3) is 20.8 Å². The third kappa shape index (κ3) is 5.31. The van der Waals surface area contributed by atoms with Gasteiger partial charge in [-0.3, -0.25) is 9.78 Å². The maximum absolute atomic E-state index is 12.3. The Morgan fingerprint density at radius 3 is 2.62 bits per heavy atom. The average Bonchev–Trinajstić information content (AvgIpc) is 3.82. The topological polar surface area (TPSA) is 136 Å². The van der Waals surface area contributed by atoms with Crippen LogP contribution in [0.3, 0.4) is 0 Å². The SMILES string of the molecule is Cc1nc(N[C@H](C)C2CC2)nc(N[C@@H]2C[C@H](CC(=O)N(C)C)[C@@H](O)[C@H]2O)c1-c1nc2c(C3CC3)nccc2s1. The summed E-state index contributed by atoms with van der Waals surface area (Å²) in [5.41, 5.74) is 3.57. The zero-order chi connectivity index (χ0) is 27.4. The van der Waals surface area contributed by atoms with Gasteiger partial charge in [-0.1, -0.05) is 0 Å².